The van der Waals surface area contributed by atoms with E-state index < -0.39 is 17.8 Å². The quantitative estimate of drug-likeness (QED) is 0.166. The zero-order chi connectivity index (χ0) is 30.4. The summed E-state index contributed by atoms with van der Waals surface area (Å²) in [5.41, 5.74) is 23.1. The van der Waals surface area contributed by atoms with E-state index in [0.717, 1.165) is 6.08 Å². The van der Waals surface area contributed by atoms with Crippen LogP contribution >= 0.6 is 0 Å². The van der Waals surface area contributed by atoms with Gasteiger partial charge in [0.05, 0.1) is 44.0 Å². The number of carbonyl (C=O) groups excluding carboxylic acids is 3. The van der Waals surface area contributed by atoms with Crippen LogP contribution in [0.15, 0.2) is 67.3 Å². The number of nitrogen functional groups attached to an aromatic ring is 2. The summed E-state index contributed by atoms with van der Waals surface area (Å²) in [5.74, 6) is -0.981. The summed E-state index contributed by atoms with van der Waals surface area (Å²) in [6.07, 6.45) is 1.12. The fourth-order valence-electron chi connectivity index (χ4n) is 2.90. The number of aromatic carboxylic acids is 1. The number of primary amides is 2. The molecule has 0 aliphatic carbocycles. The molecule has 13 nitrogen and oxygen atoms in total. The molecule has 0 aromatic heterocycles. The highest BCUT2D eigenvalue weighted by atomic mass is 16.5. The van der Waals surface area contributed by atoms with Crippen molar-refractivity contribution in [2.45, 2.75) is 14.9 Å². The van der Waals surface area contributed by atoms with Crippen LogP contribution in [0.25, 0.3) is 0 Å². The first kappa shape index (κ1) is 38.4. The maximum Gasteiger partial charge on any atom is 0.335 e. The number of anilines is 3. The van der Waals surface area contributed by atoms with E-state index in [-0.39, 0.29) is 26.3 Å². The van der Waals surface area contributed by atoms with Gasteiger partial charge in [0.1, 0.15) is 17.2 Å². The van der Waals surface area contributed by atoms with Crippen LogP contribution in [0.4, 0.5) is 17.1 Å². The standard InChI is InChI=1S/C11H12N2O3.C8H10N2O2.C8H9NO3.2CH4/c1-3-10(14)13-8-6-7(11(12)15)4-5-9(8)16-2;2*1-12-7-3-2-5(8(10)11)4-6(7)9;;/h3-6H,1H2,2H3,(H2,12,15)(H,13,14);2-4H,9H2,1H3,(H2,10,11);2-4H,9H2,1H3,(H,10,11);2*1H4. The molecular formula is C29H39N5O8. The summed E-state index contributed by atoms with van der Waals surface area (Å²) >= 11 is 0. The van der Waals surface area contributed by atoms with Crippen molar-refractivity contribution in [1.82, 2.24) is 0 Å². The summed E-state index contributed by atoms with van der Waals surface area (Å²) < 4.78 is 14.8. The zero-order valence-electron chi connectivity index (χ0n) is 22.1. The lowest BCUT2D eigenvalue weighted by Crippen LogP contribution is -2.13. The number of benzene rings is 3. The monoisotopic (exact) mass is 585 g/mol. The molecule has 0 fully saturated rings. The summed E-state index contributed by atoms with van der Waals surface area (Å²) in [6.45, 7) is 3.33. The molecule has 0 atom stereocenters. The first-order chi connectivity index (χ1) is 18.9. The molecule has 13 heteroatoms. The molecular weight excluding hydrogens is 546 g/mol. The Labute approximate surface area is 245 Å². The number of ether oxygens (including phenoxy) is 3. The largest absolute Gasteiger partial charge is 0.495 e. The highest BCUT2D eigenvalue weighted by molar-refractivity contribution is 6.01. The second-order valence-corrected chi connectivity index (χ2v) is 7.56. The Hall–Kier alpha value is -5.72. The summed E-state index contributed by atoms with van der Waals surface area (Å²) in [6, 6.07) is 13.5. The van der Waals surface area contributed by atoms with Gasteiger partial charge in [0, 0.05) is 11.1 Å². The van der Waals surface area contributed by atoms with Crippen molar-refractivity contribution < 1.29 is 38.5 Å². The molecule has 3 aromatic rings. The fourth-order valence-corrected chi connectivity index (χ4v) is 2.90. The van der Waals surface area contributed by atoms with E-state index in [9.17, 15) is 19.2 Å². The van der Waals surface area contributed by atoms with Gasteiger partial charge in [0.25, 0.3) is 0 Å². The maximum atomic E-state index is 11.1. The number of hydrogen-bond donors (Lipinski definition) is 6. The van der Waals surface area contributed by atoms with Crippen LogP contribution in [-0.4, -0.2) is 50.1 Å². The third kappa shape index (κ3) is 11.6. The lowest BCUT2D eigenvalue weighted by molar-refractivity contribution is -0.111. The van der Waals surface area contributed by atoms with Crippen molar-refractivity contribution in [2.24, 2.45) is 11.5 Å². The first-order valence-corrected chi connectivity index (χ1v) is 11.2. The van der Waals surface area contributed by atoms with Crippen LogP contribution < -0.4 is 42.5 Å². The molecule has 0 unspecified atom stereocenters. The third-order valence-electron chi connectivity index (χ3n) is 4.92. The third-order valence-corrected chi connectivity index (χ3v) is 4.92. The average Bonchev–Trinajstić information content (AvgIpc) is 2.93. The molecule has 0 saturated heterocycles. The Balaban J connectivity index is 0. The summed E-state index contributed by atoms with van der Waals surface area (Å²) in [7, 11) is 4.45. The van der Waals surface area contributed by atoms with Gasteiger partial charge in [0.15, 0.2) is 0 Å². The molecule has 0 spiro atoms. The number of carbonyl (C=O) groups is 4. The van der Waals surface area contributed by atoms with Crippen LogP contribution in [0.1, 0.15) is 45.9 Å². The lowest BCUT2D eigenvalue weighted by Gasteiger charge is -2.09. The number of carboxylic acids is 1. The van der Waals surface area contributed by atoms with Gasteiger partial charge in [-0.25, -0.2) is 4.79 Å². The van der Waals surface area contributed by atoms with E-state index in [0.29, 0.717) is 45.4 Å². The van der Waals surface area contributed by atoms with Crippen LogP contribution in [-0.2, 0) is 4.79 Å². The maximum absolute atomic E-state index is 11.1. The lowest BCUT2D eigenvalue weighted by atomic mass is 10.1. The fraction of sp³-hybridized carbons (Fsp3) is 0.172. The number of nitrogens with two attached hydrogens (primary N) is 4. The number of methoxy groups -OCH3 is 3. The molecule has 0 bridgehead atoms. The van der Waals surface area contributed by atoms with Crippen molar-refractivity contribution in [3.8, 4) is 17.2 Å². The van der Waals surface area contributed by atoms with E-state index in [1.165, 1.54) is 57.7 Å². The predicted octanol–water partition coefficient (Wildman–Crippen LogP) is 3.54. The van der Waals surface area contributed by atoms with Crippen LogP contribution in [0.5, 0.6) is 17.2 Å². The molecule has 10 N–H and O–H groups in total. The minimum absolute atomic E-state index is 0. The Morgan fingerprint density at radius 1 is 0.714 bits per heavy atom. The number of rotatable bonds is 8. The van der Waals surface area contributed by atoms with Gasteiger partial charge in [-0.2, -0.15) is 0 Å². The van der Waals surface area contributed by atoms with Crippen molar-refractivity contribution in [2.75, 3.05) is 38.1 Å². The van der Waals surface area contributed by atoms with Crippen molar-refractivity contribution in [1.29, 1.82) is 0 Å². The van der Waals surface area contributed by atoms with Crippen molar-refractivity contribution in [3.05, 3.63) is 83.9 Å². The minimum Gasteiger partial charge on any atom is -0.495 e. The van der Waals surface area contributed by atoms with Gasteiger partial charge in [0.2, 0.25) is 17.7 Å². The molecule has 3 amide bonds. The normalized spacial score (nSPS) is 8.93. The smallest absolute Gasteiger partial charge is 0.335 e. The van der Waals surface area contributed by atoms with Crippen LogP contribution in [0, 0.1) is 0 Å². The van der Waals surface area contributed by atoms with Crippen molar-refractivity contribution in [3.63, 3.8) is 0 Å². The zero-order valence-corrected chi connectivity index (χ0v) is 22.1. The van der Waals surface area contributed by atoms with Crippen LogP contribution in [0.2, 0.25) is 0 Å². The molecule has 0 heterocycles. The SMILES string of the molecule is C.C.C=CC(=O)Nc1cc(C(N)=O)ccc1OC.COc1ccc(C(=O)O)cc1N.COc1ccc(C(N)=O)cc1N. The number of hydrogen-bond acceptors (Lipinski definition) is 9. The van der Waals surface area contributed by atoms with E-state index in [2.05, 4.69) is 11.9 Å². The second kappa shape index (κ2) is 18.5. The van der Waals surface area contributed by atoms with Gasteiger partial charge in [-0.05, 0) is 60.7 Å². The summed E-state index contributed by atoms with van der Waals surface area (Å²) in [4.78, 5) is 43.2. The molecule has 3 aromatic carbocycles. The molecule has 228 valence electrons. The van der Waals surface area contributed by atoms with Crippen LogP contribution in [0.3, 0.4) is 0 Å². The van der Waals surface area contributed by atoms with Gasteiger partial charge >= 0.3 is 5.97 Å². The van der Waals surface area contributed by atoms with E-state index in [1.807, 2.05) is 0 Å². The minimum atomic E-state index is -0.996. The second-order valence-electron chi connectivity index (χ2n) is 7.56. The number of carboxylic acid groups (broad SMARTS) is 1. The van der Waals surface area contributed by atoms with Gasteiger partial charge in [-0.3, -0.25) is 14.4 Å². The molecule has 0 aliphatic rings. The number of nitrogens with one attached hydrogen (secondary N) is 1. The number of amides is 3. The Bertz CT molecular complexity index is 1330. The van der Waals surface area contributed by atoms with Crippen molar-refractivity contribution >= 4 is 40.8 Å². The Morgan fingerprint density at radius 2 is 1.10 bits per heavy atom. The topological polar surface area (TPSA) is 232 Å². The molecule has 0 aliphatic heterocycles. The molecule has 42 heavy (non-hydrogen) atoms. The van der Waals surface area contributed by atoms with E-state index in [1.54, 1.807) is 18.2 Å². The molecule has 3 rings (SSSR count). The van der Waals surface area contributed by atoms with Gasteiger partial charge in [-0.15, -0.1) is 0 Å². The van der Waals surface area contributed by atoms with Gasteiger partial charge in [-0.1, -0.05) is 21.4 Å². The van der Waals surface area contributed by atoms with E-state index >= 15 is 0 Å². The average molecular weight is 586 g/mol. The first-order valence-electron chi connectivity index (χ1n) is 11.2. The predicted molar refractivity (Wildman–Crippen MR) is 164 cm³/mol. The highest BCUT2D eigenvalue weighted by Gasteiger charge is 2.09. The highest BCUT2D eigenvalue weighted by Crippen LogP contribution is 2.25. The molecule has 0 radical (unpaired) electrons. The molecule has 0 saturated carbocycles. The summed E-state index contributed by atoms with van der Waals surface area (Å²) in [5, 5.41) is 11.1. The Morgan fingerprint density at radius 3 is 1.45 bits per heavy atom. The van der Waals surface area contributed by atoms with Gasteiger partial charge < -0.3 is 47.6 Å². The van der Waals surface area contributed by atoms with E-state index in [4.69, 9.17) is 42.3 Å². The Kier molecular flexibility index (Phi) is 17.0.